The van der Waals surface area contributed by atoms with E-state index < -0.39 is 35.9 Å². The number of ether oxygens (including phenoxy) is 2. The third-order valence-electron chi connectivity index (χ3n) is 12.3. The van der Waals surface area contributed by atoms with Crippen molar-refractivity contribution in [2.24, 2.45) is 22.1 Å². The molecule has 11 heteroatoms. The molecule has 11 nitrogen and oxygen atoms in total. The second-order valence-corrected chi connectivity index (χ2v) is 16.0. The zero-order valence-electron chi connectivity index (χ0n) is 31.4. The van der Waals surface area contributed by atoms with Crippen molar-refractivity contribution in [2.75, 3.05) is 13.1 Å². The number of hydrogen-bond donors (Lipinski definition) is 7. The van der Waals surface area contributed by atoms with Crippen molar-refractivity contribution in [1.82, 2.24) is 5.32 Å². The summed E-state index contributed by atoms with van der Waals surface area (Å²) in [6.07, 6.45) is 10.2. The summed E-state index contributed by atoms with van der Waals surface area (Å²) in [5, 5.41) is 46.9. The number of phenolic OH excluding ortho intramolecular Hbond substituents is 1. The van der Waals surface area contributed by atoms with Gasteiger partial charge >= 0.3 is 0 Å². The Kier molecular flexibility index (Phi) is 10.6. The van der Waals surface area contributed by atoms with E-state index in [0.29, 0.717) is 30.7 Å². The number of aryl methyl sites for hydroxylation is 1. The molecule has 6 aliphatic rings. The van der Waals surface area contributed by atoms with Gasteiger partial charge in [-0.05, 0) is 78.0 Å². The van der Waals surface area contributed by atoms with E-state index in [1.54, 1.807) is 6.07 Å². The number of fused-ring (bicyclic) bond motifs is 8. The van der Waals surface area contributed by atoms with E-state index in [2.05, 4.69) is 35.4 Å². The van der Waals surface area contributed by atoms with Crippen LogP contribution in [0.2, 0.25) is 0 Å². The Morgan fingerprint density at radius 2 is 1.95 bits per heavy atom. The molecule has 0 radical (unpaired) electrons. The van der Waals surface area contributed by atoms with Crippen LogP contribution in [0.25, 0.3) is 0 Å². The number of hydrogen-bond acceptors (Lipinski definition) is 10. The predicted molar refractivity (Wildman–Crippen MR) is 206 cm³/mol. The number of carbonyl (C=O) groups excluding carboxylic acids is 1. The summed E-state index contributed by atoms with van der Waals surface area (Å²) in [6.45, 7) is 3.34. The summed E-state index contributed by atoms with van der Waals surface area (Å²) < 4.78 is 13.1. The summed E-state index contributed by atoms with van der Waals surface area (Å²) >= 11 is 0. The Morgan fingerprint density at radius 3 is 2.76 bits per heavy atom. The number of phenols is 1. The second-order valence-electron chi connectivity index (χ2n) is 16.0. The van der Waals surface area contributed by atoms with Gasteiger partial charge in [-0.3, -0.25) is 20.0 Å². The van der Waals surface area contributed by atoms with Crippen molar-refractivity contribution >= 4 is 12.0 Å². The fourth-order valence-corrected chi connectivity index (χ4v) is 9.39. The van der Waals surface area contributed by atoms with Gasteiger partial charge in [-0.2, -0.15) is 0 Å². The van der Waals surface area contributed by atoms with E-state index in [9.17, 15) is 25.2 Å². The monoisotopic (exact) mass is 747 g/mol. The van der Waals surface area contributed by atoms with E-state index in [-0.39, 0.29) is 49.1 Å². The van der Waals surface area contributed by atoms with Gasteiger partial charge in [0, 0.05) is 43.7 Å². The van der Waals surface area contributed by atoms with Crippen molar-refractivity contribution in [3.05, 3.63) is 75.1 Å². The third-order valence-corrected chi connectivity index (χ3v) is 12.3. The van der Waals surface area contributed by atoms with Gasteiger partial charge in [-0.1, -0.05) is 56.1 Å². The average molecular weight is 748 g/mol. The lowest BCUT2D eigenvalue weighted by Crippen LogP contribution is -3.12. The molecule has 8 rings (SSSR count). The maximum absolute atomic E-state index is 12.9. The van der Waals surface area contributed by atoms with E-state index in [4.69, 9.17) is 20.2 Å². The second kappa shape index (κ2) is 15.6. The number of Topliss-reactive ketones (excluding diaryl/α,β-unsaturated/α-hetero) is 1. The molecule has 1 spiro atoms. The number of allylic oxidation sites excluding steroid dienone is 1. The van der Waals surface area contributed by atoms with Gasteiger partial charge in [-0.25, -0.2) is 0 Å². The first-order chi connectivity index (χ1) is 26.6. The number of benzene rings is 2. The molecule has 0 amide bonds. The van der Waals surface area contributed by atoms with E-state index in [0.717, 1.165) is 83.5 Å². The molecule has 1 aliphatic carbocycles. The van der Waals surface area contributed by atoms with Crippen LogP contribution in [-0.2, 0) is 24.1 Å². The molecule has 0 saturated heterocycles. The van der Waals surface area contributed by atoms with E-state index in [1.807, 2.05) is 25.3 Å². The van der Waals surface area contributed by atoms with Gasteiger partial charge < -0.3 is 35.6 Å². The van der Waals surface area contributed by atoms with Gasteiger partial charge in [0.05, 0.1) is 23.8 Å². The summed E-state index contributed by atoms with van der Waals surface area (Å²) in [7, 11) is 0. The summed E-state index contributed by atoms with van der Waals surface area (Å²) in [5.41, 5.74) is 13.6. The van der Waals surface area contributed by atoms with Crippen LogP contribution in [-0.4, -0.2) is 63.9 Å². The highest BCUT2D eigenvalue weighted by Gasteiger charge is 2.51. The van der Waals surface area contributed by atoms with Gasteiger partial charge in [0.25, 0.3) is 6.23 Å². The van der Waals surface area contributed by atoms with Crippen molar-refractivity contribution in [3.63, 3.8) is 0 Å². The molecule has 55 heavy (non-hydrogen) atoms. The first-order valence-corrected chi connectivity index (χ1v) is 19.9. The number of nitrogens with one attached hydrogen (secondary N) is 2. The Balaban J connectivity index is 1.16. The molecule has 0 aromatic heterocycles. The lowest BCUT2D eigenvalue weighted by Gasteiger charge is -2.36. The van der Waals surface area contributed by atoms with Crippen LogP contribution >= 0.6 is 0 Å². The number of aliphatic hydroxyl groups excluding tert-OH is 3. The highest BCUT2D eigenvalue weighted by molar-refractivity contribution is 5.87. The highest BCUT2D eigenvalue weighted by atomic mass is 16.5. The molecule has 5 aliphatic heterocycles. The fourth-order valence-electron chi connectivity index (χ4n) is 9.39. The molecular weight excluding hydrogens is 697 g/mol. The molecule has 1 fully saturated rings. The number of carbonyl (C=O) groups is 1. The fraction of sp³-hybridized carbons (Fsp3) is 0.500. The minimum absolute atomic E-state index is 0.0456. The molecule has 7 atom stereocenters. The molecule has 5 heterocycles. The Labute approximate surface area is 322 Å². The minimum atomic E-state index is -1.05. The van der Waals surface area contributed by atoms with Gasteiger partial charge in [0.15, 0.2) is 11.5 Å². The van der Waals surface area contributed by atoms with E-state index >= 15 is 0 Å². The van der Waals surface area contributed by atoms with Crippen LogP contribution in [0.5, 0.6) is 17.2 Å². The number of nitrogens with two attached hydrogens (primary N) is 1. The molecule has 1 saturated carbocycles. The molecule has 8 N–H and O–H groups in total. The standard InChI is InChI=1S/C44H50N4O7/c1-2-5-28(49)20-30(51)21-29(50)7-6-26-19-41-40(22-39(26)53)54-17-15-44(13-3-4-14-44)36-10-11-38(52)32-8-9-33-31(12-16-46-42(33)45)34(32)18-27-23-47-37-25-48(24-35(27)37)43(36)55-41/h8-9,19,22-23,25,28,30,36,38,42-43,46,49,51-53H,2-7,12-14,16,18,20-21,24,45H2,1H3/p+1/t28-,30+,36-,38-,42+,43?/m0/s1. The highest BCUT2D eigenvalue weighted by Crippen LogP contribution is 2.47. The van der Waals surface area contributed by atoms with Gasteiger partial charge in [0.1, 0.15) is 48.1 Å². The van der Waals surface area contributed by atoms with Crippen molar-refractivity contribution in [2.45, 2.75) is 115 Å². The lowest BCUT2D eigenvalue weighted by atomic mass is 9.73. The number of aliphatic hydroxyl groups is 3. The largest absolute Gasteiger partial charge is 0.508 e. The smallest absolute Gasteiger partial charge is 0.252 e. The Bertz CT molecular complexity index is 2080. The number of aromatic hydroxyl groups is 1. The molecule has 2 bridgehead atoms. The van der Waals surface area contributed by atoms with Crippen LogP contribution < -0.4 is 25.4 Å². The topological polar surface area (TPSA) is 171 Å². The molecule has 288 valence electrons. The zero-order chi connectivity index (χ0) is 38.3. The lowest BCUT2D eigenvalue weighted by molar-refractivity contribution is -0.891. The SMILES string of the molecule is CCC[C@H](O)C[C@@H](O)CC(=O)CCc1cc2c(cc1O)OC#CC1(CCCC1)[C@H]1C#C[C@H](O)c3ccc4c(c3CC3=C5C[NH+](C=C5N=C3)C1O2)CCN[C@H]4N. The zero-order valence-corrected chi connectivity index (χ0v) is 31.4. The van der Waals surface area contributed by atoms with Crippen LogP contribution in [0.3, 0.4) is 0 Å². The number of quaternary nitrogens is 1. The maximum Gasteiger partial charge on any atom is 0.252 e. The first-order valence-electron chi connectivity index (χ1n) is 19.9. The molecule has 2 unspecified atom stereocenters. The van der Waals surface area contributed by atoms with Crippen molar-refractivity contribution in [1.29, 1.82) is 0 Å². The van der Waals surface area contributed by atoms with Crippen LogP contribution in [0.1, 0.15) is 105 Å². The van der Waals surface area contributed by atoms with Gasteiger partial charge in [-0.15, -0.1) is 0 Å². The number of rotatable bonds is 9. The molecular formula is C44H51N4O7+. The number of ketones is 1. The van der Waals surface area contributed by atoms with Crippen molar-refractivity contribution < 1.29 is 39.6 Å². The Morgan fingerprint density at radius 1 is 1.13 bits per heavy atom. The van der Waals surface area contributed by atoms with Gasteiger partial charge in [0.2, 0.25) is 0 Å². The number of nitrogens with zero attached hydrogens (tertiary/aromatic N) is 1. The first kappa shape index (κ1) is 37.5. The summed E-state index contributed by atoms with van der Waals surface area (Å²) in [6, 6.07) is 7.19. The third kappa shape index (κ3) is 7.46. The normalized spacial score (nSPS) is 26.6. The summed E-state index contributed by atoms with van der Waals surface area (Å²) in [5.74, 6) is 10.3. The predicted octanol–water partition coefficient (Wildman–Crippen LogP) is 2.95. The van der Waals surface area contributed by atoms with Crippen LogP contribution in [0.4, 0.5) is 0 Å². The van der Waals surface area contributed by atoms with E-state index in [1.165, 1.54) is 11.6 Å². The molecule has 2 aromatic rings. The average Bonchev–Trinajstić information content (AvgIpc) is 3.90. The summed E-state index contributed by atoms with van der Waals surface area (Å²) in [4.78, 5) is 18.8. The van der Waals surface area contributed by atoms with Crippen LogP contribution in [0, 0.1) is 35.2 Å². The van der Waals surface area contributed by atoms with Crippen molar-refractivity contribution in [3.8, 4) is 41.1 Å². The number of aliphatic imine (C=N–C) groups is 1. The quantitative estimate of drug-likeness (QED) is 0.191. The van der Waals surface area contributed by atoms with Crippen LogP contribution in [0.15, 0.2) is 52.3 Å². The molecule has 2 aromatic carbocycles. The Hall–Kier alpha value is -4.46. The minimum Gasteiger partial charge on any atom is -0.508 e. The maximum atomic E-state index is 12.9.